The van der Waals surface area contributed by atoms with Gasteiger partial charge in [-0.25, -0.2) is 0 Å². The summed E-state index contributed by atoms with van der Waals surface area (Å²) in [5.41, 5.74) is 0.731. The number of nitrogens with zero attached hydrogens (tertiary/aromatic N) is 1. The Hall–Kier alpha value is -3.59. The molecular weight excluding hydrogens is 473 g/mol. The number of nitrogens with one attached hydrogen (secondary N) is 1. The Morgan fingerprint density at radius 1 is 1.06 bits per heavy atom. The molecule has 3 rings (SSSR count). The van der Waals surface area contributed by atoms with E-state index >= 15 is 0 Å². The molecule has 0 aliphatic heterocycles. The molecule has 6 nitrogen and oxygen atoms in total. The van der Waals surface area contributed by atoms with Gasteiger partial charge in [0, 0.05) is 18.2 Å². The van der Waals surface area contributed by atoms with Gasteiger partial charge in [0.1, 0.15) is 5.69 Å². The summed E-state index contributed by atoms with van der Waals surface area (Å²) >= 11 is 0. The number of carbonyl (C=O) groups excluding carboxylic acids is 1. The second kappa shape index (κ2) is 11.9. The number of hydrogen-bond acceptors (Lipinski definition) is 3. The monoisotopic (exact) mass is 502 g/mol. The second-order valence-electron chi connectivity index (χ2n) is 8.53. The van der Waals surface area contributed by atoms with Gasteiger partial charge in [0.25, 0.3) is 5.91 Å². The van der Waals surface area contributed by atoms with Crippen molar-refractivity contribution in [1.29, 1.82) is 0 Å². The van der Waals surface area contributed by atoms with E-state index in [0.29, 0.717) is 26.1 Å². The summed E-state index contributed by atoms with van der Waals surface area (Å²) in [5, 5.41) is 11.4. The first-order valence-electron chi connectivity index (χ1n) is 11.6. The molecule has 0 bridgehead atoms. The third kappa shape index (κ3) is 6.97. The molecule has 9 heteroatoms. The highest BCUT2D eigenvalue weighted by Crippen LogP contribution is 2.36. The number of benzene rings is 2. The van der Waals surface area contributed by atoms with Crippen LogP contribution in [0.1, 0.15) is 59.2 Å². The van der Waals surface area contributed by atoms with Crippen LogP contribution in [0.25, 0.3) is 0 Å². The Kier molecular flexibility index (Phi) is 8.93. The highest BCUT2D eigenvalue weighted by atomic mass is 19.4. The minimum Gasteiger partial charge on any atom is -0.481 e. The Morgan fingerprint density at radius 2 is 1.78 bits per heavy atom. The Morgan fingerprint density at radius 3 is 2.42 bits per heavy atom. The van der Waals surface area contributed by atoms with Crippen molar-refractivity contribution in [1.82, 2.24) is 4.57 Å². The van der Waals surface area contributed by atoms with Crippen LogP contribution in [0.2, 0.25) is 0 Å². The molecule has 0 saturated carbocycles. The lowest BCUT2D eigenvalue weighted by molar-refractivity contribution is -0.137. The summed E-state index contributed by atoms with van der Waals surface area (Å²) in [6.45, 7) is 4.75. The van der Waals surface area contributed by atoms with Crippen LogP contribution in [0.4, 0.5) is 18.9 Å². The minimum absolute atomic E-state index is 0.0784. The van der Waals surface area contributed by atoms with Crippen molar-refractivity contribution in [2.24, 2.45) is 0 Å². The molecule has 0 unspecified atom stereocenters. The van der Waals surface area contributed by atoms with E-state index < -0.39 is 35.7 Å². The van der Waals surface area contributed by atoms with Gasteiger partial charge in [-0.15, -0.1) is 0 Å². The maximum atomic E-state index is 13.6. The summed E-state index contributed by atoms with van der Waals surface area (Å²) in [5.74, 6) is -1.89. The van der Waals surface area contributed by atoms with E-state index in [2.05, 4.69) is 5.32 Å². The fourth-order valence-electron chi connectivity index (χ4n) is 3.94. The number of anilines is 1. The normalized spacial score (nSPS) is 12.4. The van der Waals surface area contributed by atoms with Crippen molar-refractivity contribution in [2.45, 2.75) is 51.9 Å². The molecule has 192 valence electrons. The van der Waals surface area contributed by atoms with Crippen LogP contribution in [0, 0.1) is 0 Å². The summed E-state index contributed by atoms with van der Waals surface area (Å²) in [4.78, 5) is 24.2. The summed E-state index contributed by atoms with van der Waals surface area (Å²) in [6, 6.07) is 15.9. The van der Waals surface area contributed by atoms with Gasteiger partial charge in [0.15, 0.2) is 0 Å². The zero-order chi connectivity index (χ0) is 26.3. The molecule has 2 N–H and O–H groups in total. The van der Waals surface area contributed by atoms with Crippen LogP contribution in [-0.4, -0.2) is 28.2 Å². The Bertz CT molecular complexity index is 1190. The van der Waals surface area contributed by atoms with Gasteiger partial charge < -0.3 is 19.7 Å². The van der Waals surface area contributed by atoms with Gasteiger partial charge in [0.05, 0.1) is 30.9 Å². The third-order valence-electron chi connectivity index (χ3n) is 5.87. The van der Waals surface area contributed by atoms with Gasteiger partial charge in [0.2, 0.25) is 0 Å². The fraction of sp³-hybridized carbons (Fsp3) is 0.333. The maximum absolute atomic E-state index is 13.6. The lowest BCUT2D eigenvalue weighted by Gasteiger charge is -2.20. The smallest absolute Gasteiger partial charge is 0.418 e. The molecule has 1 aromatic heterocycles. The average molecular weight is 503 g/mol. The van der Waals surface area contributed by atoms with Crippen molar-refractivity contribution in [3.8, 4) is 0 Å². The molecule has 0 aliphatic rings. The van der Waals surface area contributed by atoms with Crippen molar-refractivity contribution in [2.75, 3.05) is 11.9 Å². The van der Waals surface area contributed by atoms with Crippen molar-refractivity contribution in [3.05, 3.63) is 88.7 Å². The highest BCUT2D eigenvalue weighted by Gasteiger charge is 2.34. The number of amides is 1. The summed E-state index contributed by atoms with van der Waals surface area (Å²) in [6.07, 6.45) is -3.96. The molecule has 3 aromatic rings. The van der Waals surface area contributed by atoms with Gasteiger partial charge in [-0.3, -0.25) is 9.59 Å². The quantitative estimate of drug-likeness (QED) is 0.310. The number of halogens is 3. The first-order valence-corrected chi connectivity index (χ1v) is 11.6. The van der Waals surface area contributed by atoms with E-state index in [-0.39, 0.29) is 17.3 Å². The van der Waals surface area contributed by atoms with Crippen LogP contribution in [0.15, 0.2) is 60.7 Å². The molecular formula is C27H29F3N2O4. The lowest BCUT2D eigenvalue weighted by Crippen LogP contribution is -2.22. The largest absolute Gasteiger partial charge is 0.481 e. The fourth-order valence-corrected chi connectivity index (χ4v) is 3.94. The van der Waals surface area contributed by atoms with Crippen LogP contribution >= 0.6 is 0 Å². The van der Waals surface area contributed by atoms with E-state index in [1.54, 1.807) is 12.1 Å². The Labute approximate surface area is 207 Å². The number of carboxylic acid groups (broad SMARTS) is 1. The molecule has 0 fully saturated rings. The highest BCUT2D eigenvalue weighted by molar-refractivity contribution is 6.04. The number of alkyl halides is 3. The van der Waals surface area contributed by atoms with E-state index in [0.717, 1.165) is 29.5 Å². The predicted molar refractivity (Wildman–Crippen MR) is 130 cm³/mol. The van der Waals surface area contributed by atoms with Crippen LogP contribution in [0.3, 0.4) is 0 Å². The van der Waals surface area contributed by atoms with Gasteiger partial charge in [-0.05, 0) is 48.7 Å². The summed E-state index contributed by atoms with van der Waals surface area (Å²) < 4.78 is 48.3. The van der Waals surface area contributed by atoms with E-state index in [1.807, 2.05) is 48.7 Å². The molecule has 2 aromatic carbocycles. The maximum Gasteiger partial charge on any atom is 0.418 e. The number of ether oxygens (including phenoxy) is 1. The molecule has 0 aliphatic carbocycles. The number of carbonyl (C=O) groups is 2. The van der Waals surface area contributed by atoms with Crippen LogP contribution < -0.4 is 5.32 Å². The topological polar surface area (TPSA) is 80.6 Å². The molecule has 1 atom stereocenters. The molecule has 1 heterocycles. The summed E-state index contributed by atoms with van der Waals surface area (Å²) in [7, 11) is 0. The number of aliphatic carboxylic acids is 1. The molecule has 0 spiro atoms. The zero-order valence-corrected chi connectivity index (χ0v) is 20.1. The lowest BCUT2D eigenvalue weighted by atomic mass is 10.1. The SMILES string of the molecule is CC[C@H](C)n1c(CCOCc2ccccc2)ccc1C(=O)Nc1cc(CC(=O)O)ccc1C(F)(F)F. The van der Waals surface area contributed by atoms with E-state index in [1.165, 1.54) is 0 Å². The number of aromatic nitrogens is 1. The molecule has 1 amide bonds. The van der Waals surface area contributed by atoms with Crippen molar-refractivity contribution >= 4 is 17.6 Å². The first kappa shape index (κ1) is 27.0. The Balaban J connectivity index is 1.81. The average Bonchev–Trinajstić information content (AvgIpc) is 3.25. The molecule has 0 saturated heterocycles. The van der Waals surface area contributed by atoms with E-state index in [9.17, 15) is 22.8 Å². The van der Waals surface area contributed by atoms with E-state index in [4.69, 9.17) is 9.84 Å². The predicted octanol–water partition coefficient (Wildman–Crippen LogP) is 6.12. The van der Waals surface area contributed by atoms with Gasteiger partial charge in [-0.2, -0.15) is 13.2 Å². The third-order valence-corrected chi connectivity index (χ3v) is 5.87. The van der Waals surface area contributed by atoms with Gasteiger partial charge >= 0.3 is 12.1 Å². The second-order valence-corrected chi connectivity index (χ2v) is 8.53. The van der Waals surface area contributed by atoms with Gasteiger partial charge in [-0.1, -0.05) is 43.3 Å². The molecule has 36 heavy (non-hydrogen) atoms. The van der Waals surface area contributed by atoms with Crippen LogP contribution in [-0.2, 0) is 35.2 Å². The standard InChI is InChI=1S/C27H29F3N2O4/c1-3-18(2)32-21(13-14-36-17-19-7-5-4-6-8-19)10-12-24(32)26(35)31-23-15-20(16-25(33)34)9-11-22(23)27(28,29)30/h4-12,15,18H,3,13-14,16-17H2,1-2H3,(H,31,35)(H,33,34)/t18-/m0/s1. The number of carboxylic acids is 1. The zero-order valence-electron chi connectivity index (χ0n) is 20.1. The minimum atomic E-state index is -4.72. The molecule has 0 radical (unpaired) electrons. The first-order chi connectivity index (χ1) is 17.1. The van der Waals surface area contributed by atoms with Crippen LogP contribution in [0.5, 0.6) is 0 Å². The van der Waals surface area contributed by atoms with Crippen molar-refractivity contribution in [3.63, 3.8) is 0 Å². The van der Waals surface area contributed by atoms with Crippen molar-refractivity contribution < 1.29 is 32.6 Å². The number of hydrogen-bond donors (Lipinski definition) is 2. The number of rotatable bonds is 11.